The van der Waals surface area contributed by atoms with E-state index < -0.39 is 0 Å². The van der Waals surface area contributed by atoms with Gasteiger partial charge in [-0.05, 0) is 37.6 Å². The minimum Gasteiger partial charge on any atom is -0.369 e. The van der Waals surface area contributed by atoms with Crippen LogP contribution in [0.3, 0.4) is 0 Å². The molecule has 2 rings (SSSR count). The van der Waals surface area contributed by atoms with Crippen molar-refractivity contribution in [1.82, 2.24) is 4.90 Å². The van der Waals surface area contributed by atoms with Gasteiger partial charge >= 0.3 is 0 Å². The Balaban J connectivity index is 2.07. The van der Waals surface area contributed by atoms with Crippen LogP contribution in [0.4, 0.5) is 10.1 Å². The van der Waals surface area contributed by atoms with Crippen LogP contribution in [0, 0.1) is 5.82 Å². The van der Waals surface area contributed by atoms with Crippen LogP contribution in [-0.2, 0) is 6.54 Å². The molecule has 18 heavy (non-hydrogen) atoms. The molecule has 1 aromatic rings. The highest BCUT2D eigenvalue weighted by Crippen LogP contribution is 2.20. The van der Waals surface area contributed by atoms with Crippen LogP contribution in [0.25, 0.3) is 0 Å². The topological polar surface area (TPSA) is 32.5 Å². The molecular formula is C14H22FN3. The van der Waals surface area contributed by atoms with Crippen LogP contribution in [0.1, 0.15) is 19.4 Å². The summed E-state index contributed by atoms with van der Waals surface area (Å²) >= 11 is 0. The highest BCUT2D eigenvalue weighted by Gasteiger charge is 2.19. The van der Waals surface area contributed by atoms with Crippen LogP contribution < -0.4 is 10.6 Å². The Labute approximate surface area is 108 Å². The van der Waals surface area contributed by atoms with Crippen molar-refractivity contribution in [3.63, 3.8) is 0 Å². The number of anilines is 1. The summed E-state index contributed by atoms with van der Waals surface area (Å²) in [7, 11) is 0. The summed E-state index contributed by atoms with van der Waals surface area (Å²) in [4.78, 5) is 4.68. The molecular weight excluding hydrogens is 229 g/mol. The first-order valence-electron chi connectivity index (χ1n) is 6.58. The van der Waals surface area contributed by atoms with Crippen LogP contribution >= 0.6 is 0 Å². The van der Waals surface area contributed by atoms with Crippen LogP contribution in [0.2, 0.25) is 0 Å². The van der Waals surface area contributed by atoms with E-state index in [-0.39, 0.29) is 5.82 Å². The fourth-order valence-electron chi connectivity index (χ4n) is 2.43. The molecule has 0 aromatic heterocycles. The summed E-state index contributed by atoms with van der Waals surface area (Å²) < 4.78 is 13.5. The Morgan fingerprint density at radius 1 is 1.17 bits per heavy atom. The molecule has 0 spiro atoms. The third-order valence-electron chi connectivity index (χ3n) is 3.59. The van der Waals surface area contributed by atoms with Crippen molar-refractivity contribution in [3.05, 3.63) is 29.6 Å². The summed E-state index contributed by atoms with van der Waals surface area (Å²) in [5.41, 5.74) is 7.40. The van der Waals surface area contributed by atoms with Gasteiger partial charge in [-0.2, -0.15) is 0 Å². The third-order valence-corrected chi connectivity index (χ3v) is 3.59. The van der Waals surface area contributed by atoms with Crippen LogP contribution in [0.5, 0.6) is 0 Å². The number of nitrogens with two attached hydrogens (primary N) is 1. The van der Waals surface area contributed by atoms with Gasteiger partial charge < -0.3 is 10.6 Å². The number of hydrogen-bond acceptors (Lipinski definition) is 3. The minimum atomic E-state index is -0.195. The van der Waals surface area contributed by atoms with Gasteiger partial charge in [0.25, 0.3) is 0 Å². The van der Waals surface area contributed by atoms with E-state index in [9.17, 15) is 4.39 Å². The zero-order valence-corrected chi connectivity index (χ0v) is 11.2. The fraction of sp³-hybridized carbons (Fsp3) is 0.571. The lowest BCUT2D eigenvalue weighted by Crippen LogP contribution is -2.48. The maximum atomic E-state index is 13.5. The van der Waals surface area contributed by atoms with Gasteiger partial charge in [0.05, 0.1) is 0 Å². The quantitative estimate of drug-likeness (QED) is 0.889. The SMILES string of the molecule is CC(C)N1CCN(c2cc(F)cc(CN)c2)CC1. The predicted octanol–water partition coefficient (Wildman–Crippen LogP) is 1.81. The van der Waals surface area contributed by atoms with Gasteiger partial charge in [-0.25, -0.2) is 4.39 Å². The molecule has 0 atom stereocenters. The second-order valence-electron chi connectivity index (χ2n) is 5.14. The Hall–Kier alpha value is -1.13. The monoisotopic (exact) mass is 251 g/mol. The maximum absolute atomic E-state index is 13.5. The predicted molar refractivity (Wildman–Crippen MR) is 73.2 cm³/mol. The van der Waals surface area contributed by atoms with Crippen LogP contribution in [0.15, 0.2) is 18.2 Å². The van der Waals surface area contributed by atoms with Crippen molar-refractivity contribution >= 4 is 5.69 Å². The Kier molecular flexibility index (Phi) is 4.19. The first-order valence-corrected chi connectivity index (χ1v) is 6.58. The molecule has 1 aliphatic heterocycles. The fourth-order valence-corrected chi connectivity index (χ4v) is 2.43. The Morgan fingerprint density at radius 3 is 2.39 bits per heavy atom. The maximum Gasteiger partial charge on any atom is 0.125 e. The summed E-state index contributed by atoms with van der Waals surface area (Å²) in [6, 6.07) is 5.69. The molecule has 0 radical (unpaired) electrons. The molecule has 4 heteroatoms. The van der Waals surface area contributed by atoms with E-state index in [1.807, 2.05) is 6.07 Å². The number of hydrogen-bond donors (Lipinski definition) is 1. The summed E-state index contributed by atoms with van der Waals surface area (Å²) in [6.07, 6.45) is 0. The first-order chi connectivity index (χ1) is 8.60. The second-order valence-corrected chi connectivity index (χ2v) is 5.14. The lowest BCUT2D eigenvalue weighted by molar-refractivity contribution is 0.209. The van der Waals surface area contributed by atoms with Gasteiger partial charge in [0.2, 0.25) is 0 Å². The van der Waals surface area contributed by atoms with Gasteiger partial charge in [0, 0.05) is 44.5 Å². The van der Waals surface area contributed by atoms with E-state index in [0.29, 0.717) is 12.6 Å². The van der Waals surface area contributed by atoms with Crippen LogP contribution in [-0.4, -0.2) is 37.1 Å². The highest BCUT2D eigenvalue weighted by atomic mass is 19.1. The molecule has 1 fully saturated rings. The minimum absolute atomic E-state index is 0.195. The zero-order valence-electron chi connectivity index (χ0n) is 11.2. The lowest BCUT2D eigenvalue weighted by Gasteiger charge is -2.38. The molecule has 0 amide bonds. The third kappa shape index (κ3) is 3.00. The van der Waals surface area contributed by atoms with Crippen molar-refractivity contribution in [2.45, 2.75) is 26.4 Å². The first kappa shape index (κ1) is 13.3. The van der Waals surface area contributed by atoms with E-state index >= 15 is 0 Å². The molecule has 0 bridgehead atoms. The van der Waals surface area contributed by atoms with Crippen molar-refractivity contribution < 1.29 is 4.39 Å². The van der Waals surface area contributed by atoms with E-state index in [1.165, 1.54) is 6.07 Å². The molecule has 0 aliphatic carbocycles. The van der Waals surface area contributed by atoms with Crippen molar-refractivity contribution in [2.24, 2.45) is 5.73 Å². The largest absolute Gasteiger partial charge is 0.369 e. The van der Waals surface area contributed by atoms with Gasteiger partial charge in [-0.3, -0.25) is 4.90 Å². The zero-order chi connectivity index (χ0) is 13.1. The van der Waals surface area contributed by atoms with E-state index in [1.54, 1.807) is 6.07 Å². The molecule has 1 aromatic carbocycles. The molecule has 100 valence electrons. The number of halogens is 1. The average Bonchev–Trinajstić information content (AvgIpc) is 2.38. The standard InChI is InChI=1S/C14H22FN3/c1-11(2)17-3-5-18(6-4-17)14-8-12(10-16)7-13(15)9-14/h7-9,11H,3-6,10,16H2,1-2H3. The lowest BCUT2D eigenvalue weighted by atomic mass is 10.1. The van der Waals surface area contributed by atoms with Gasteiger partial charge in [-0.1, -0.05) is 0 Å². The normalized spacial score (nSPS) is 17.5. The van der Waals surface area contributed by atoms with Crippen molar-refractivity contribution in [2.75, 3.05) is 31.1 Å². The molecule has 1 saturated heterocycles. The molecule has 2 N–H and O–H groups in total. The summed E-state index contributed by atoms with van der Waals surface area (Å²) in [5, 5.41) is 0. The van der Waals surface area contributed by atoms with E-state index in [0.717, 1.165) is 37.4 Å². The molecule has 1 aliphatic rings. The van der Waals surface area contributed by atoms with Crippen molar-refractivity contribution in [1.29, 1.82) is 0 Å². The van der Waals surface area contributed by atoms with Gasteiger partial charge in [0.1, 0.15) is 5.82 Å². The molecule has 0 saturated carbocycles. The van der Waals surface area contributed by atoms with Crippen molar-refractivity contribution in [3.8, 4) is 0 Å². The average molecular weight is 251 g/mol. The van der Waals surface area contributed by atoms with E-state index in [2.05, 4.69) is 23.6 Å². The van der Waals surface area contributed by atoms with E-state index in [4.69, 9.17) is 5.73 Å². The highest BCUT2D eigenvalue weighted by molar-refractivity contribution is 5.49. The molecule has 1 heterocycles. The Bertz CT molecular complexity index is 398. The summed E-state index contributed by atoms with van der Waals surface area (Å²) in [5.74, 6) is -0.195. The number of nitrogens with zero attached hydrogens (tertiary/aromatic N) is 2. The number of piperazine rings is 1. The van der Waals surface area contributed by atoms with Gasteiger partial charge in [-0.15, -0.1) is 0 Å². The van der Waals surface area contributed by atoms with Gasteiger partial charge in [0.15, 0.2) is 0 Å². The summed E-state index contributed by atoms with van der Waals surface area (Å²) in [6.45, 7) is 8.78. The number of benzene rings is 1. The second kappa shape index (κ2) is 5.67. The number of rotatable bonds is 3. The smallest absolute Gasteiger partial charge is 0.125 e. The molecule has 0 unspecified atom stereocenters. The Morgan fingerprint density at radius 2 is 1.83 bits per heavy atom. The molecule has 3 nitrogen and oxygen atoms in total.